The Bertz CT molecular complexity index is 443. The van der Waals surface area contributed by atoms with E-state index in [0.717, 1.165) is 31.8 Å². The van der Waals surface area contributed by atoms with Crippen molar-refractivity contribution in [2.24, 2.45) is 5.92 Å². The van der Waals surface area contributed by atoms with Gasteiger partial charge in [-0.1, -0.05) is 6.92 Å². The van der Waals surface area contributed by atoms with Crippen molar-refractivity contribution in [1.82, 2.24) is 5.32 Å². The minimum Gasteiger partial charge on any atom is -0.463 e. The molecular formula is C15H23NO4. The van der Waals surface area contributed by atoms with Gasteiger partial charge in [0, 0.05) is 5.92 Å². The number of nitrogens with one attached hydrogen (secondary N) is 1. The first-order valence-corrected chi connectivity index (χ1v) is 7.18. The van der Waals surface area contributed by atoms with Gasteiger partial charge in [-0.3, -0.25) is 0 Å². The highest BCUT2D eigenvalue weighted by Crippen LogP contribution is 2.32. The van der Waals surface area contributed by atoms with Gasteiger partial charge in [-0.25, -0.2) is 4.79 Å². The van der Waals surface area contributed by atoms with E-state index in [1.807, 2.05) is 6.07 Å². The van der Waals surface area contributed by atoms with Crippen molar-refractivity contribution in [3.63, 3.8) is 0 Å². The second-order valence-electron chi connectivity index (χ2n) is 5.27. The fraction of sp³-hybridized carbons (Fsp3) is 0.667. The summed E-state index contributed by atoms with van der Waals surface area (Å²) in [5.41, 5.74) is 0. The van der Waals surface area contributed by atoms with Gasteiger partial charge in [0.2, 0.25) is 5.76 Å². The zero-order valence-electron chi connectivity index (χ0n) is 12.3. The Labute approximate surface area is 119 Å². The average molecular weight is 281 g/mol. The molecule has 3 atom stereocenters. The SMILES string of the molecule is CCCNC(c1ccc(C(=O)OC)o1)C1COC(C)C1. The minimum absolute atomic E-state index is 0.0818. The second kappa shape index (κ2) is 6.90. The molecule has 0 saturated carbocycles. The van der Waals surface area contributed by atoms with Gasteiger partial charge in [0.15, 0.2) is 0 Å². The first-order chi connectivity index (χ1) is 9.65. The number of furan rings is 1. The predicted molar refractivity (Wildman–Crippen MR) is 74.6 cm³/mol. The number of rotatable bonds is 6. The van der Waals surface area contributed by atoms with Crippen LogP contribution in [-0.4, -0.2) is 32.3 Å². The van der Waals surface area contributed by atoms with Gasteiger partial charge in [-0.05, 0) is 38.4 Å². The second-order valence-corrected chi connectivity index (χ2v) is 5.27. The zero-order chi connectivity index (χ0) is 14.5. The Balaban J connectivity index is 2.13. The monoisotopic (exact) mass is 281 g/mol. The maximum atomic E-state index is 11.5. The summed E-state index contributed by atoms with van der Waals surface area (Å²) in [5, 5.41) is 3.49. The average Bonchev–Trinajstić information content (AvgIpc) is 3.08. The van der Waals surface area contributed by atoms with E-state index in [4.69, 9.17) is 9.15 Å². The Kier molecular flexibility index (Phi) is 5.20. The Morgan fingerprint density at radius 2 is 2.35 bits per heavy atom. The van der Waals surface area contributed by atoms with Crippen LogP contribution < -0.4 is 5.32 Å². The third-order valence-corrected chi connectivity index (χ3v) is 3.64. The molecule has 0 spiro atoms. The lowest BCUT2D eigenvalue weighted by molar-refractivity contribution is 0.0560. The first kappa shape index (κ1) is 15.1. The molecule has 20 heavy (non-hydrogen) atoms. The van der Waals surface area contributed by atoms with Gasteiger partial charge in [-0.15, -0.1) is 0 Å². The normalized spacial score (nSPS) is 23.8. The number of hydrogen-bond donors (Lipinski definition) is 1. The molecular weight excluding hydrogens is 258 g/mol. The van der Waals surface area contributed by atoms with Crippen LogP contribution in [0.2, 0.25) is 0 Å². The molecule has 1 fully saturated rings. The molecule has 1 N–H and O–H groups in total. The molecule has 0 bridgehead atoms. The molecule has 0 radical (unpaired) electrons. The quantitative estimate of drug-likeness (QED) is 0.812. The molecule has 1 aromatic rings. The van der Waals surface area contributed by atoms with E-state index in [1.165, 1.54) is 7.11 Å². The van der Waals surface area contributed by atoms with E-state index >= 15 is 0 Å². The van der Waals surface area contributed by atoms with Gasteiger partial charge in [0.05, 0.1) is 25.9 Å². The Hall–Kier alpha value is -1.33. The molecule has 0 aliphatic carbocycles. The molecule has 5 heteroatoms. The van der Waals surface area contributed by atoms with Crippen molar-refractivity contribution in [3.05, 3.63) is 23.7 Å². The highest BCUT2D eigenvalue weighted by molar-refractivity contribution is 5.86. The molecule has 112 valence electrons. The highest BCUT2D eigenvalue weighted by atomic mass is 16.5. The van der Waals surface area contributed by atoms with Crippen LogP contribution in [0, 0.1) is 5.92 Å². The van der Waals surface area contributed by atoms with Crippen molar-refractivity contribution < 1.29 is 18.7 Å². The number of ether oxygens (including phenoxy) is 2. The van der Waals surface area contributed by atoms with Crippen LogP contribution in [0.3, 0.4) is 0 Å². The summed E-state index contributed by atoms with van der Waals surface area (Å²) < 4.78 is 16.0. The van der Waals surface area contributed by atoms with Crippen molar-refractivity contribution in [2.75, 3.05) is 20.3 Å². The van der Waals surface area contributed by atoms with Crippen LogP contribution in [-0.2, 0) is 9.47 Å². The summed E-state index contributed by atoms with van der Waals surface area (Å²) in [5.74, 6) is 0.953. The third-order valence-electron chi connectivity index (χ3n) is 3.64. The lowest BCUT2D eigenvalue weighted by atomic mass is 9.95. The van der Waals surface area contributed by atoms with Crippen LogP contribution in [0.1, 0.15) is 49.0 Å². The summed E-state index contributed by atoms with van der Waals surface area (Å²) in [6.45, 7) is 5.83. The molecule has 2 rings (SSSR count). The van der Waals surface area contributed by atoms with E-state index in [9.17, 15) is 4.79 Å². The lowest BCUT2D eigenvalue weighted by Gasteiger charge is -2.21. The molecule has 1 aliphatic rings. The topological polar surface area (TPSA) is 60.7 Å². The highest BCUT2D eigenvalue weighted by Gasteiger charge is 2.32. The first-order valence-electron chi connectivity index (χ1n) is 7.18. The van der Waals surface area contributed by atoms with Gasteiger partial charge in [0.25, 0.3) is 0 Å². The summed E-state index contributed by atoms with van der Waals surface area (Å²) in [4.78, 5) is 11.5. The smallest absolute Gasteiger partial charge is 0.373 e. The van der Waals surface area contributed by atoms with Crippen molar-refractivity contribution in [2.45, 2.75) is 38.8 Å². The maximum Gasteiger partial charge on any atom is 0.373 e. The van der Waals surface area contributed by atoms with Crippen molar-refractivity contribution in [3.8, 4) is 0 Å². The van der Waals surface area contributed by atoms with Crippen LogP contribution in [0.4, 0.5) is 0 Å². The Morgan fingerprint density at radius 1 is 1.55 bits per heavy atom. The minimum atomic E-state index is -0.443. The lowest BCUT2D eigenvalue weighted by Crippen LogP contribution is -2.29. The Morgan fingerprint density at radius 3 is 2.95 bits per heavy atom. The molecule has 3 unspecified atom stereocenters. The fourth-order valence-electron chi connectivity index (χ4n) is 2.61. The molecule has 2 heterocycles. The number of carbonyl (C=O) groups is 1. The van der Waals surface area contributed by atoms with Crippen LogP contribution in [0.5, 0.6) is 0 Å². The number of esters is 1. The summed E-state index contributed by atoms with van der Waals surface area (Å²) in [6, 6.07) is 3.60. The van der Waals surface area contributed by atoms with Crippen molar-refractivity contribution >= 4 is 5.97 Å². The van der Waals surface area contributed by atoms with E-state index in [-0.39, 0.29) is 17.9 Å². The number of methoxy groups -OCH3 is 1. The fourth-order valence-corrected chi connectivity index (χ4v) is 2.61. The van der Waals surface area contributed by atoms with Crippen LogP contribution in [0.15, 0.2) is 16.5 Å². The van der Waals surface area contributed by atoms with E-state index in [1.54, 1.807) is 6.07 Å². The molecule has 0 aromatic carbocycles. The standard InChI is InChI=1S/C15H23NO4/c1-4-7-16-14(11-8-10(2)19-9-11)12-5-6-13(20-12)15(17)18-3/h5-6,10-11,14,16H,4,7-9H2,1-3H3. The molecule has 0 amide bonds. The van der Waals surface area contributed by atoms with Gasteiger partial charge in [-0.2, -0.15) is 0 Å². The molecule has 1 aliphatic heterocycles. The van der Waals surface area contributed by atoms with Crippen molar-refractivity contribution in [1.29, 1.82) is 0 Å². The van der Waals surface area contributed by atoms with Gasteiger partial charge in [0.1, 0.15) is 5.76 Å². The summed E-state index contributed by atoms with van der Waals surface area (Å²) in [7, 11) is 1.35. The third kappa shape index (κ3) is 3.41. The van der Waals surface area contributed by atoms with Crippen LogP contribution in [0.25, 0.3) is 0 Å². The molecule has 5 nitrogen and oxygen atoms in total. The van der Waals surface area contributed by atoms with Crippen LogP contribution >= 0.6 is 0 Å². The summed E-state index contributed by atoms with van der Waals surface area (Å²) >= 11 is 0. The van der Waals surface area contributed by atoms with Gasteiger partial charge >= 0.3 is 5.97 Å². The summed E-state index contributed by atoms with van der Waals surface area (Å²) in [6.07, 6.45) is 2.32. The molecule has 1 saturated heterocycles. The zero-order valence-corrected chi connectivity index (χ0v) is 12.3. The maximum absolute atomic E-state index is 11.5. The van der Waals surface area contributed by atoms with E-state index in [2.05, 4.69) is 23.9 Å². The van der Waals surface area contributed by atoms with Gasteiger partial charge < -0.3 is 19.2 Å². The number of carbonyl (C=O) groups excluding carboxylic acids is 1. The number of hydrogen-bond acceptors (Lipinski definition) is 5. The van der Waals surface area contributed by atoms with E-state index < -0.39 is 5.97 Å². The molecule has 1 aromatic heterocycles. The largest absolute Gasteiger partial charge is 0.463 e. The predicted octanol–water partition coefficient (Wildman–Crippen LogP) is 2.53. The van der Waals surface area contributed by atoms with E-state index in [0.29, 0.717) is 5.92 Å².